The third-order valence-corrected chi connectivity index (χ3v) is 3.35. The molecule has 1 rings (SSSR count). The van der Waals surface area contributed by atoms with E-state index in [0.717, 1.165) is 0 Å². The summed E-state index contributed by atoms with van der Waals surface area (Å²) < 4.78 is 22.0. The Morgan fingerprint density at radius 1 is 1.64 bits per heavy atom. The van der Waals surface area contributed by atoms with Crippen molar-refractivity contribution in [1.82, 2.24) is 4.90 Å². The Labute approximate surface area is 84.2 Å². The van der Waals surface area contributed by atoms with Crippen molar-refractivity contribution in [2.45, 2.75) is 25.4 Å². The highest BCUT2D eigenvalue weighted by atomic mass is 32.2. The van der Waals surface area contributed by atoms with Crippen molar-refractivity contribution in [3.8, 4) is 0 Å². The van der Waals surface area contributed by atoms with Crippen LogP contribution in [0.3, 0.4) is 0 Å². The molecule has 14 heavy (non-hydrogen) atoms. The van der Waals surface area contributed by atoms with Gasteiger partial charge in [-0.25, -0.2) is 8.42 Å². The first-order chi connectivity index (χ1) is 6.29. The van der Waals surface area contributed by atoms with E-state index < -0.39 is 9.84 Å². The van der Waals surface area contributed by atoms with Gasteiger partial charge in [0.1, 0.15) is 9.84 Å². The van der Waals surface area contributed by atoms with E-state index in [0.29, 0.717) is 13.0 Å². The summed E-state index contributed by atoms with van der Waals surface area (Å²) in [4.78, 5) is 12.9. The van der Waals surface area contributed by atoms with Crippen LogP contribution < -0.4 is 5.73 Å². The summed E-state index contributed by atoms with van der Waals surface area (Å²) in [6.45, 7) is 2.20. The van der Waals surface area contributed by atoms with Crippen LogP contribution in [-0.2, 0) is 14.6 Å². The first-order valence-electron chi connectivity index (χ1n) is 4.52. The molecule has 2 atom stereocenters. The van der Waals surface area contributed by atoms with E-state index in [1.54, 1.807) is 11.8 Å². The molecule has 5 nitrogen and oxygen atoms in total. The summed E-state index contributed by atoms with van der Waals surface area (Å²) >= 11 is 0. The van der Waals surface area contributed by atoms with E-state index in [1.165, 1.54) is 6.26 Å². The molecule has 1 aliphatic rings. The van der Waals surface area contributed by atoms with Gasteiger partial charge in [0.2, 0.25) is 5.91 Å². The molecule has 1 aliphatic heterocycles. The fraction of sp³-hybridized carbons (Fsp3) is 0.875. The molecule has 1 heterocycles. The van der Waals surface area contributed by atoms with Crippen molar-refractivity contribution in [3.05, 3.63) is 0 Å². The maximum atomic E-state index is 11.4. The van der Waals surface area contributed by atoms with E-state index in [9.17, 15) is 13.2 Å². The highest BCUT2D eigenvalue weighted by Gasteiger charge is 2.31. The minimum atomic E-state index is -3.04. The minimum Gasteiger partial charge on any atom is -0.337 e. The molecule has 0 aromatic rings. The van der Waals surface area contributed by atoms with E-state index in [1.807, 2.05) is 0 Å². The topological polar surface area (TPSA) is 80.5 Å². The van der Waals surface area contributed by atoms with Crippen molar-refractivity contribution in [2.24, 2.45) is 5.73 Å². The largest absolute Gasteiger partial charge is 0.337 e. The molecule has 1 fully saturated rings. The first-order valence-corrected chi connectivity index (χ1v) is 6.58. The second-order valence-electron chi connectivity index (χ2n) is 3.95. The van der Waals surface area contributed by atoms with Gasteiger partial charge in [-0.05, 0) is 6.92 Å². The zero-order chi connectivity index (χ0) is 10.9. The van der Waals surface area contributed by atoms with Crippen LogP contribution in [-0.4, -0.2) is 49.9 Å². The normalized spacial score (nSPS) is 25.5. The number of nitrogens with two attached hydrogens (primary N) is 1. The maximum Gasteiger partial charge on any atom is 0.224 e. The molecule has 0 aromatic carbocycles. The Morgan fingerprint density at radius 3 is 2.57 bits per heavy atom. The predicted octanol–water partition coefficient (Wildman–Crippen LogP) is -1.02. The summed E-state index contributed by atoms with van der Waals surface area (Å²) in [5.74, 6) is -0.0421. The quantitative estimate of drug-likeness (QED) is 0.660. The lowest BCUT2D eigenvalue weighted by molar-refractivity contribution is -0.129. The molecule has 82 valence electrons. The fourth-order valence-corrected chi connectivity index (χ4v) is 2.77. The Bertz CT molecular complexity index is 325. The summed E-state index contributed by atoms with van der Waals surface area (Å²) in [6, 6.07) is -0.421. The SMILES string of the molecule is CC(CS(C)(=O)=O)N1CC(N)CC1=O. The lowest BCUT2D eigenvalue weighted by Crippen LogP contribution is -2.40. The molecule has 0 bridgehead atoms. The molecule has 0 aliphatic carbocycles. The maximum absolute atomic E-state index is 11.4. The lowest BCUT2D eigenvalue weighted by atomic mass is 10.3. The summed E-state index contributed by atoms with van der Waals surface area (Å²) in [5, 5.41) is 0. The average Bonchev–Trinajstić information content (AvgIpc) is 2.26. The average molecular weight is 220 g/mol. The van der Waals surface area contributed by atoms with Crippen LogP contribution in [0.25, 0.3) is 0 Å². The van der Waals surface area contributed by atoms with Crippen LogP contribution in [0, 0.1) is 0 Å². The van der Waals surface area contributed by atoms with Crippen molar-refractivity contribution in [1.29, 1.82) is 0 Å². The molecule has 6 heteroatoms. The highest BCUT2D eigenvalue weighted by molar-refractivity contribution is 7.90. The smallest absolute Gasteiger partial charge is 0.224 e. The zero-order valence-corrected chi connectivity index (χ0v) is 9.25. The molecular formula is C8H16N2O3S. The van der Waals surface area contributed by atoms with Gasteiger partial charge in [0, 0.05) is 31.3 Å². The minimum absolute atomic E-state index is 0.00542. The number of carbonyl (C=O) groups is 1. The van der Waals surface area contributed by atoms with Crippen LogP contribution in [0.4, 0.5) is 0 Å². The number of rotatable bonds is 3. The number of hydrogen-bond donors (Lipinski definition) is 1. The second kappa shape index (κ2) is 3.86. The van der Waals surface area contributed by atoms with Crippen LogP contribution in [0.15, 0.2) is 0 Å². The number of hydrogen-bond acceptors (Lipinski definition) is 4. The number of nitrogens with zero attached hydrogens (tertiary/aromatic N) is 1. The van der Waals surface area contributed by atoms with Crippen LogP contribution in [0.5, 0.6) is 0 Å². The third-order valence-electron chi connectivity index (χ3n) is 2.26. The van der Waals surface area contributed by atoms with Gasteiger partial charge in [0.15, 0.2) is 0 Å². The van der Waals surface area contributed by atoms with Gasteiger partial charge in [-0.15, -0.1) is 0 Å². The fourth-order valence-electron chi connectivity index (χ4n) is 1.71. The Morgan fingerprint density at radius 2 is 2.21 bits per heavy atom. The molecule has 0 spiro atoms. The Balaban J connectivity index is 2.62. The van der Waals surface area contributed by atoms with Gasteiger partial charge < -0.3 is 10.6 Å². The van der Waals surface area contributed by atoms with Crippen LogP contribution >= 0.6 is 0 Å². The van der Waals surface area contributed by atoms with Crippen molar-refractivity contribution >= 4 is 15.7 Å². The molecule has 0 saturated carbocycles. The van der Waals surface area contributed by atoms with Crippen LogP contribution in [0.2, 0.25) is 0 Å². The van der Waals surface area contributed by atoms with Gasteiger partial charge in [-0.1, -0.05) is 0 Å². The van der Waals surface area contributed by atoms with E-state index in [2.05, 4.69) is 0 Å². The van der Waals surface area contributed by atoms with E-state index >= 15 is 0 Å². The molecule has 2 unspecified atom stereocenters. The second-order valence-corrected chi connectivity index (χ2v) is 6.14. The number of amides is 1. The lowest BCUT2D eigenvalue weighted by Gasteiger charge is -2.23. The molecule has 2 N–H and O–H groups in total. The predicted molar refractivity (Wildman–Crippen MR) is 53.5 cm³/mol. The number of likely N-dealkylation sites (tertiary alicyclic amines) is 1. The van der Waals surface area contributed by atoms with Crippen LogP contribution in [0.1, 0.15) is 13.3 Å². The third kappa shape index (κ3) is 2.95. The van der Waals surface area contributed by atoms with Crippen molar-refractivity contribution in [3.63, 3.8) is 0 Å². The van der Waals surface area contributed by atoms with Crippen molar-refractivity contribution < 1.29 is 13.2 Å². The van der Waals surface area contributed by atoms with Gasteiger partial charge >= 0.3 is 0 Å². The monoisotopic (exact) mass is 220 g/mol. The van der Waals surface area contributed by atoms with Gasteiger partial charge in [-0.2, -0.15) is 0 Å². The first kappa shape index (κ1) is 11.5. The Hall–Kier alpha value is -0.620. The molecule has 1 amide bonds. The summed E-state index contributed by atoms with van der Waals surface area (Å²) in [5.41, 5.74) is 5.61. The van der Waals surface area contributed by atoms with Gasteiger partial charge in [0.05, 0.1) is 5.75 Å². The molecule has 0 aromatic heterocycles. The molecule has 1 saturated heterocycles. The van der Waals surface area contributed by atoms with Crippen molar-refractivity contribution in [2.75, 3.05) is 18.6 Å². The number of sulfone groups is 1. The standard InChI is InChI=1S/C8H16N2O3S/c1-6(5-14(2,12)13)10-4-7(9)3-8(10)11/h6-7H,3-5,9H2,1-2H3. The molecule has 0 radical (unpaired) electrons. The number of carbonyl (C=O) groups excluding carboxylic acids is 1. The van der Waals surface area contributed by atoms with Gasteiger partial charge in [0.25, 0.3) is 0 Å². The molecular weight excluding hydrogens is 204 g/mol. The highest BCUT2D eigenvalue weighted by Crippen LogP contribution is 2.13. The summed E-state index contributed by atoms with van der Waals surface area (Å²) in [7, 11) is -3.04. The van der Waals surface area contributed by atoms with E-state index in [-0.39, 0.29) is 23.7 Å². The Kier molecular flexibility index (Phi) is 3.16. The summed E-state index contributed by atoms with van der Waals surface area (Å²) in [6.07, 6.45) is 1.50. The zero-order valence-electron chi connectivity index (χ0n) is 8.43. The van der Waals surface area contributed by atoms with E-state index in [4.69, 9.17) is 5.73 Å². The van der Waals surface area contributed by atoms with Gasteiger partial charge in [-0.3, -0.25) is 4.79 Å².